The van der Waals surface area contributed by atoms with E-state index in [-0.39, 0.29) is 5.91 Å². The molecule has 0 saturated carbocycles. The Hall–Kier alpha value is -0.870. The fourth-order valence-corrected chi connectivity index (χ4v) is 2.31. The van der Waals surface area contributed by atoms with Crippen LogP contribution in [0, 0.1) is 6.92 Å². The zero-order valence-corrected chi connectivity index (χ0v) is 8.36. The zero-order chi connectivity index (χ0) is 9.26. The lowest BCUT2D eigenvalue weighted by atomic mass is 10.3. The topological polar surface area (TPSA) is 32.3 Å². The second-order valence-corrected chi connectivity index (χ2v) is 4.37. The van der Waals surface area contributed by atoms with Crippen LogP contribution in [0.3, 0.4) is 0 Å². The zero-order valence-electron chi connectivity index (χ0n) is 7.54. The molecule has 2 heterocycles. The highest BCUT2D eigenvalue weighted by atomic mass is 32.1. The Morgan fingerprint density at radius 1 is 1.54 bits per heavy atom. The molecule has 70 valence electrons. The average molecular weight is 196 g/mol. The Kier molecular flexibility index (Phi) is 2.33. The van der Waals surface area contributed by atoms with Crippen molar-refractivity contribution < 1.29 is 4.79 Å². The van der Waals surface area contributed by atoms with Crippen LogP contribution in [0.5, 0.6) is 0 Å². The van der Waals surface area contributed by atoms with E-state index in [1.165, 1.54) is 4.88 Å². The lowest BCUT2D eigenvalue weighted by Gasteiger charge is -2.25. The molecule has 1 N–H and O–H groups in total. The van der Waals surface area contributed by atoms with Crippen LogP contribution in [0.4, 0.5) is 5.00 Å². The minimum Gasteiger partial charge on any atom is -0.307 e. The van der Waals surface area contributed by atoms with Gasteiger partial charge in [0.25, 0.3) is 0 Å². The summed E-state index contributed by atoms with van der Waals surface area (Å²) >= 11 is 1.68. The van der Waals surface area contributed by atoms with Crippen LogP contribution in [0.15, 0.2) is 12.1 Å². The minimum atomic E-state index is 0.174. The summed E-state index contributed by atoms with van der Waals surface area (Å²) in [6, 6.07) is 4.07. The Labute approximate surface area is 81.4 Å². The molecule has 1 amide bonds. The van der Waals surface area contributed by atoms with Crippen molar-refractivity contribution in [1.82, 2.24) is 5.32 Å². The predicted molar refractivity (Wildman–Crippen MR) is 54.3 cm³/mol. The number of hydrogen-bond donors (Lipinski definition) is 1. The molecule has 1 aliphatic rings. The lowest BCUT2D eigenvalue weighted by Crippen LogP contribution is -2.47. The maximum Gasteiger partial charge on any atom is 0.241 e. The molecule has 1 aromatic heterocycles. The van der Waals surface area contributed by atoms with Gasteiger partial charge in [-0.05, 0) is 19.1 Å². The van der Waals surface area contributed by atoms with Crippen molar-refractivity contribution in [1.29, 1.82) is 0 Å². The Morgan fingerprint density at radius 2 is 2.38 bits per heavy atom. The number of carbonyl (C=O) groups is 1. The van der Waals surface area contributed by atoms with Crippen LogP contribution >= 0.6 is 11.3 Å². The van der Waals surface area contributed by atoms with Crippen molar-refractivity contribution in [2.45, 2.75) is 6.92 Å². The first-order valence-electron chi connectivity index (χ1n) is 4.35. The number of amides is 1. The molecule has 0 atom stereocenters. The first kappa shape index (κ1) is 8.72. The minimum absolute atomic E-state index is 0.174. The smallest absolute Gasteiger partial charge is 0.241 e. The van der Waals surface area contributed by atoms with Gasteiger partial charge in [-0.15, -0.1) is 11.3 Å². The molecule has 2 rings (SSSR count). The van der Waals surface area contributed by atoms with Gasteiger partial charge < -0.3 is 10.2 Å². The Bertz CT molecular complexity index is 321. The number of nitrogens with zero attached hydrogens (tertiary/aromatic N) is 1. The predicted octanol–water partition coefficient (Wildman–Crippen LogP) is 0.993. The highest BCUT2D eigenvalue weighted by molar-refractivity contribution is 7.16. The average Bonchev–Trinajstić information content (AvgIpc) is 2.53. The number of piperazine rings is 1. The van der Waals surface area contributed by atoms with Gasteiger partial charge in [-0.25, -0.2) is 0 Å². The van der Waals surface area contributed by atoms with E-state index in [2.05, 4.69) is 18.3 Å². The summed E-state index contributed by atoms with van der Waals surface area (Å²) in [6.45, 7) is 4.21. The molecule has 0 aliphatic carbocycles. The van der Waals surface area contributed by atoms with Crippen molar-refractivity contribution >= 4 is 22.2 Å². The molecule has 0 unspecified atom stereocenters. The largest absolute Gasteiger partial charge is 0.307 e. The normalized spacial score (nSPS) is 17.9. The molecule has 1 saturated heterocycles. The summed E-state index contributed by atoms with van der Waals surface area (Å²) in [6.07, 6.45) is 0. The summed E-state index contributed by atoms with van der Waals surface area (Å²) in [4.78, 5) is 14.6. The van der Waals surface area contributed by atoms with E-state index in [4.69, 9.17) is 0 Å². The third-order valence-electron chi connectivity index (χ3n) is 2.08. The van der Waals surface area contributed by atoms with Crippen molar-refractivity contribution in [2.75, 3.05) is 24.5 Å². The maximum atomic E-state index is 11.5. The van der Waals surface area contributed by atoms with Crippen molar-refractivity contribution in [2.24, 2.45) is 0 Å². The molecule has 0 bridgehead atoms. The van der Waals surface area contributed by atoms with E-state index in [1.54, 1.807) is 11.3 Å². The molecule has 3 nitrogen and oxygen atoms in total. The van der Waals surface area contributed by atoms with E-state index in [1.807, 2.05) is 11.0 Å². The molecule has 4 heteroatoms. The molecular weight excluding hydrogens is 184 g/mol. The Morgan fingerprint density at radius 3 is 3.00 bits per heavy atom. The van der Waals surface area contributed by atoms with Gasteiger partial charge in [-0.1, -0.05) is 0 Å². The monoisotopic (exact) mass is 196 g/mol. The summed E-state index contributed by atoms with van der Waals surface area (Å²) in [5.41, 5.74) is 0. The lowest BCUT2D eigenvalue weighted by molar-refractivity contribution is -0.118. The standard InChI is InChI=1S/C9H12N2OS/c1-7-2-3-9(13-7)11-5-4-10-6-8(11)12/h2-3,10H,4-6H2,1H3. The van der Waals surface area contributed by atoms with Crippen LogP contribution in [-0.4, -0.2) is 25.5 Å². The van der Waals surface area contributed by atoms with Crippen molar-refractivity contribution in [3.05, 3.63) is 17.0 Å². The van der Waals surface area contributed by atoms with Crippen LogP contribution in [0.2, 0.25) is 0 Å². The quantitative estimate of drug-likeness (QED) is 0.726. The molecule has 0 radical (unpaired) electrons. The fourth-order valence-electron chi connectivity index (χ4n) is 1.41. The van der Waals surface area contributed by atoms with Crippen molar-refractivity contribution in [3.8, 4) is 0 Å². The van der Waals surface area contributed by atoms with Gasteiger partial charge in [0, 0.05) is 18.0 Å². The molecule has 0 spiro atoms. The molecule has 1 aromatic rings. The van der Waals surface area contributed by atoms with E-state index >= 15 is 0 Å². The highest BCUT2D eigenvalue weighted by Gasteiger charge is 2.19. The number of carbonyl (C=O) groups excluding carboxylic acids is 1. The highest BCUT2D eigenvalue weighted by Crippen LogP contribution is 2.25. The van der Waals surface area contributed by atoms with Gasteiger partial charge in [0.2, 0.25) is 5.91 Å². The first-order chi connectivity index (χ1) is 6.27. The number of hydrogen-bond acceptors (Lipinski definition) is 3. The van der Waals surface area contributed by atoms with Gasteiger partial charge in [0.15, 0.2) is 0 Å². The van der Waals surface area contributed by atoms with Crippen LogP contribution < -0.4 is 10.2 Å². The van der Waals surface area contributed by atoms with Gasteiger partial charge in [-0.3, -0.25) is 4.79 Å². The molecule has 0 aromatic carbocycles. The number of aryl methyl sites for hydroxylation is 1. The van der Waals surface area contributed by atoms with Gasteiger partial charge >= 0.3 is 0 Å². The molecule has 1 aliphatic heterocycles. The number of rotatable bonds is 1. The van der Waals surface area contributed by atoms with Crippen LogP contribution in [-0.2, 0) is 4.79 Å². The summed E-state index contributed by atoms with van der Waals surface area (Å²) in [5, 5.41) is 4.13. The van der Waals surface area contributed by atoms with Gasteiger partial charge in [0.1, 0.15) is 0 Å². The first-order valence-corrected chi connectivity index (χ1v) is 5.16. The molecular formula is C9H12N2OS. The van der Waals surface area contributed by atoms with E-state index in [9.17, 15) is 4.79 Å². The SMILES string of the molecule is Cc1ccc(N2CCNCC2=O)s1. The second kappa shape index (κ2) is 3.47. The van der Waals surface area contributed by atoms with Gasteiger partial charge in [0.05, 0.1) is 11.5 Å². The van der Waals surface area contributed by atoms with E-state index < -0.39 is 0 Å². The van der Waals surface area contributed by atoms with Crippen LogP contribution in [0.1, 0.15) is 4.88 Å². The molecule has 1 fully saturated rings. The molecule has 13 heavy (non-hydrogen) atoms. The van der Waals surface area contributed by atoms with Crippen LogP contribution in [0.25, 0.3) is 0 Å². The van der Waals surface area contributed by atoms with E-state index in [0.717, 1.165) is 18.1 Å². The van der Waals surface area contributed by atoms with Crippen molar-refractivity contribution in [3.63, 3.8) is 0 Å². The third-order valence-corrected chi connectivity index (χ3v) is 3.11. The number of thiophene rings is 1. The summed E-state index contributed by atoms with van der Waals surface area (Å²) in [7, 11) is 0. The van der Waals surface area contributed by atoms with Gasteiger partial charge in [-0.2, -0.15) is 0 Å². The summed E-state index contributed by atoms with van der Waals surface area (Å²) in [5.74, 6) is 0.174. The maximum absolute atomic E-state index is 11.5. The number of nitrogens with one attached hydrogen (secondary N) is 1. The second-order valence-electron chi connectivity index (χ2n) is 3.11. The van der Waals surface area contributed by atoms with E-state index in [0.29, 0.717) is 6.54 Å². The fraction of sp³-hybridized carbons (Fsp3) is 0.444. The third kappa shape index (κ3) is 1.73. The Balaban J connectivity index is 2.19. The number of anilines is 1. The summed E-state index contributed by atoms with van der Waals surface area (Å²) < 4.78 is 0.